The molecule has 1 N–H and O–H groups in total. The van der Waals surface area contributed by atoms with E-state index in [9.17, 15) is 9.59 Å². The Morgan fingerprint density at radius 1 is 1.07 bits per heavy atom. The van der Waals surface area contributed by atoms with Gasteiger partial charge in [-0.2, -0.15) is 0 Å². The Kier molecular flexibility index (Phi) is 3.64. The minimum absolute atomic E-state index is 0.0503. The molecule has 2 fully saturated rings. The molecular weight excluding hydrogens is 336 g/mol. The monoisotopic (exact) mass is 367 g/mol. The van der Waals surface area contributed by atoms with Crippen molar-refractivity contribution in [3.05, 3.63) is 71.7 Å². The van der Waals surface area contributed by atoms with Gasteiger partial charge in [-0.1, -0.05) is 60.5 Å². The summed E-state index contributed by atoms with van der Waals surface area (Å²) >= 11 is 0. The van der Waals surface area contributed by atoms with Crippen LogP contribution in [0.2, 0.25) is 0 Å². The first-order chi connectivity index (χ1) is 15.3. The molecule has 4 heteroatoms. The Morgan fingerprint density at radius 2 is 1.78 bits per heavy atom. The van der Waals surface area contributed by atoms with Crippen LogP contribution >= 0.6 is 0 Å². The van der Waals surface area contributed by atoms with Crippen molar-refractivity contribution in [3.8, 4) is 0 Å². The van der Waals surface area contributed by atoms with E-state index in [0.717, 1.165) is 18.4 Å². The lowest BCUT2D eigenvalue weighted by Crippen LogP contribution is -2.57. The largest absolute Gasteiger partial charge is 0.299 e. The number of carbonyl (C=O) groups excluding carboxylic acids is 2. The Morgan fingerprint density at radius 3 is 2.44 bits per heavy atom. The summed E-state index contributed by atoms with van der Waals surface area (Å²) in [5.41, 5.74) is 0.472. The molecule has 0 spiro atoms. The third-order valence-corrected chi connectivity index (χ3v) is 5.91. The number of carbonyl (C=O) groups is 2. The standard InChI is InChI=1S/C23H26N2O2/c26-21-11-14-23(22(27)24-21,19-9-5-2-6-10-19)20-12-15-25(16-13-20)17-18-7-3-1-4-8-18/h1-10,20H,11-17H2,(H,24,26,27)/i1D,3D,4D,7D,8D. The number of hydrogen-bond donors (Lipinski definition) is 1. The molecule has 0 aromatic heterocycles. The number of amides is 2. The van der Waals surface area contributed by atoms with Crippen molar-refractivity contribution in [2.75, 3.05) is 13.1 Å². The quantitative estimate of drug-likeness (QED) is 0.844. The maximum absolute atomic E-state index is 13.1. The molecule has 27 heavy (non-hydrogen) atoms. The maximum Gasteiger partial charge on any atom is 0.237 e. The second kappa shape index (κ2) is 7.65. The molecule has 1 atom stereocenters. The molecule has 2 saturated heterocycles. The van der Waals surface area contributed by atoms with E-state index >= 15 is 0 Å². The van der Waals surface area contributed by atoms with E-state index in [1.807, 2.05) is 30.3 Å². The summed E-state index contributed by atoms with van der Waals surface area (Å²) in [6, 6.07) is 8.29. The van der Waals surface area contributed by atoms with E-state index in [-0.39, 0.29) is 54.5 Å². The van der Waals surface area contributed by atoms with Crippen LogP contribution in [0.3, 0.4) is 0 Å². The van der Waals surface area contributed by atoms with Gasteiger partial charge in [-0.15, -0.1) is 0 Å². The zero-order chi connectivity index (χ0) is 23.0. The minimum Gasteiger partial charge on any atom is -0.299 e. The van der Waals surface area contributed by atoms with Crippen molar-refractivity contribution in [2.45, 2.75) is 37.6 Å². The Balaban J connectivity index is 1.55. The van der Waals surface area contributed by atoms with Crippen LogP contribution in [0.1, 0.15) is 43.7 Å². The second-order valence-electron chi connectivity index (χ2n) is 7.37. The third-order valence-electron chi connectivity index (χ3n) is 5.91. The van der Waals surface area contributed by atoms with Gasteiger partial charge in [-0.25, -0.2) is 0 Å². The van der Waals surface area contributed by atoms with Crippen molar-refractivity contribution >= 4 is 11.8 Å². The topological polar surface area (TPSA) is 49.4 Å². The normalized spacial score (nSPS) is 27.2. The number of nitrogens with zero attached hydrogens (tertiary/aromatic N) is 1. The van der Waals surface area contributed by atoms with Gasteiger partial charge in [0.25, 0.3) is 0 Å². The van der Waals surface area contributed by atoms with Crippen molar-refractivity contribution in [3.63, 3.8) is 0 Å². The van der Waals surface area contributed by atoms with Gasteiger partial charge in [0, 0.05) is 13.0 Å². The Hall–Kier alpha value is -2.46. The molecule has 0 radical (unpaired) electrons. The molecule has 2 amide bonds. The summed E-state index contributed by atoms with van der Waals surface area (Å²) in [7, 11) is 0. The summed E-state index contributed by atoms with van der Waals surface area (Å²) < 4.78 is 39.8. The highest BCUT2D eigenvalue weighted by molar-refractivity contribution is 6.03. The molecule has 0 aliphatic carbocycles. The van der Waals surface area contributed by atoms with Crippen molar-refractivity contribution in [1.82, 2.24) is 10.2 Å². The van der Waals surface area contributed by atoms with Gasteiger partial charge in [0.05, 0.1) is 12.3 Å². The third kappa shape index (κ3) is 3.54. The molecule has 4 nitrogen and oxygen atoms in total. The highest BCUT2D eigenvalue weighted by Crippen LogP contribution is 2.44. The lowest BCUT2D eigenvalue weighted by atomic mass is 9.62. The van der Waals surface area contributed by atoms with Gasteiger partial charge in [0.2, 0.25) is 11.8 Å². The number of nitrogens with one attached hydrogen (secondary N) is 1. The number of imide groups is 1. The summed E-state index contributed by atoms with van der Waals surface area (Å²) in [6.07, 6.45) is 2.23. The van der Waals surface area contributed by atoms with Gasteiger partial charge < -0.3 is 0 Å². The summed E-state index contributed by atoms with van der Waals surface area (Å²) in [4.78, 5) is 27.1. The minimum atomic E-state index is -0.752. The summed E-state index contributed by atoms with van der Waals surface area (Å²) in [5, 5.41) is 2.55. The van der Waals surface area contributed by atoms with Crippen molar-refractivity contribution in [2.24, 2.45) is 5.92 Å². The number of rotatable bonds is 4. The fourth-order valence-electron chi connectivity index (χ4n) is 4.52. The van der Waals surface area contributed by atoms with Crippen LogP contribution in [0.25, 0.3) is 0 Å². The zero-order valence-corrected chi connectivity index (χ0v) is 15.2. The molecule has 4 rings (SSSR count). The number of piperidine rings is 2. The number of hydrogen-bond acceptors (Lipinski definition) is 3. The van der Waals surface area contributed by atoms with Crippen molar-refractivity contribution in [1.29, 1.82) is 0 Å². The van der Waals surface area contributed by atoms with E-state index < -0.39 is 5.41 Å². The van der Waals surface area contributed by atoms with Gasteiger partial charge in [0.15, 0.2) is 0 Å². The molecular formula is C23H26N2O2. The summed E-state index contributed by atoms with van der Waals surface area (Å²) in [5.74, 6) is -0.418. The molecule has 1 unspecified atom stereocenters. The number of likely N-dealkylation sites (tertiary alicyclic amines) is 1. The Bertz CT molecular complexity index is 1030. The van der Waals surface area contributed by atoms with Crippen LogP contribution in [-0.4, -0.2) is 29.8 Å². The van der Waals surface area contributed by atoms with Crippen LogP contribution in [0, 0.1) is 5.92 Å². The molecule has 2 heterocycles. The first-order valence-electron chi connectivity index (χ1n) is 11.9. The fourth-order valence-corrected chi connectivity index (χ4v) is 4.52. The van der Waals surface area contributed by atoms with Crippen molar-refractivity contribution < 1.29 is 16.4 Å². The highest BCUT2D eigenvalue weighted by atomic mass is 16.2. The smallest absolute Gasteiger partial charge is 0.237 e. The van der Waals surface area contributed by atoms with E-state index in [2.05, 4.69) is 10.2 Å². The van der Waals surface area contributed by atoms with Crippen LogP contribution in [0.5, 0.6) is 0 Å². The van der Waals surface area contributed by atoms with Gasteiger partial charge in [0.1, 0.15) is 0 Å². The van der Waals surface area contributed by atoms with Gasteiger partial charge in [-0.05, 0) is 49.4 Å². The average molecular weight is 368 g/mol. The van der Waals surface area contributed by atoms with Crippen LogP contribution in [0.15, 0.2) is 60.5 Å². The lowest BCUT2D eigenvalue weighted by Gasteiger charge is -2.45. The van der Waals surface area contributed by atoms with Crippen LogP contribution in [-0.2, 0) is 21.5 Å². The molecule has 0 bridgehead atoms. The second-order valence-corrected chi connectivity index (χ2v) is 7.37. The van der Waals surface area contributed by atoms with Gasteiger partial charge in [-0.3, -0.25) is 19.8 Å². The average Bonchev–Trinajstić information content (AvgIpc) is 2.81. The molecule has 140 valence electrons. The maximum atomic E-state index is 13.1. The first-order valence-corrected chi connectivity index (χ1v) is 9.43. The molecule has 2 aliphatic heterocycles. The predicted molar refractivity (Wildman–Crippen MR) is 105 cm³/mol. The van der Waals surface area contributed by atoms with E-state index in [0.29, 0.717) is 31.5 Å². The van der Waals surface area contributed by atoms with E-state index in [4.69, 9.17) is 6.85 Å². The van der Waals surface area contributed by atoms with Crippen LogP contribution < -0.4 is 5.32 Å². The Labute approximate surface area is 167 Å². The number of benzene rings is 2. The van der Waals surface area contributed by atoms with Gasteiger partial charge >= 0.3 is 0 Å². The molecule has 2 aromatic carbocycles. The predicted octanol–water partition coefficient (Wildman–Crippen LogP) is 3.27. The van der Waals surface area contributed by atoms with E-state index in [1.54, 1.807) is 0 Å². The lowest BCUT2D eigenvalue weighted by molar-refractivity contribution is -0.140. The molecule has 0 saturated carbocycles. The first kappa shape index (κ1) is 12.8. The highest BCUT2D eigenvalue weighted by Gasteiger charge is 2.50. The fraction of sp³-hybridized carbons (Fsp3) is 0.391. The molecule has 2 aromatic rings. The molecule has 2 aliphatic rings. The van der Waals surface area contributed by atoms with E-state index in [1.165, 1.54) is 0 Å². The van der Waals surface area contributed by atoms with Crippen LogP contribution in [0.4, 0.5) is 0 Å². The zero-order valence-electron chi connectivity index (χ0n) is 20.2. The summed E-state index contributed by atoms with van der Waals surface area (Å²) in [6.45, 7) is 1.55. The SMILES string of the molecule is [2H]c1c([2H])c([2H])c(CN2CCC(C3(c4ccccc4)CCC(=O)NC3=O)CC2)c([2H])c1[2H].